The Kier molecular flexibility index (Phi) is 5.61. The predicted molar refractivity (Wildman–Crippen MR) is 85.3 cm³/mol. The highest BCUT2D eigenvalue weighted by molar-refractivity contribution is 9.10. The number of rotatable bonds is 3. The first-order chi connectivity index (χ1) is 9.99. The number of benzene rings is 1. The molecule has 114 valence electrons. The number of nitrogens with two attached hydrogens (primary N) is 1. The van der Waals surface area contributed by atoms with Crippen LogP contribution in [0.5, 0.6) is 0 Å². The number of hydrogen-bond acceptors (Lipinski definition) is 3. The fraction of sp³-hybridized carbons (Fsp3) is 0.429. The topological polar surface area (TPSA) is 66.6 Å². The molecule has 0 unspecified atom stereocenters. The van der Waals surface area contributed by atoms with Crippen LogP contribution in [0.1, 0.15) is 16.8 Å². The van der Waals surface area contributed by atoms with Crippen LogP contribution in [-0.2, 0) is 4.79 Å². The monoisotopic (exact) mass is 373 g/mol. The second kappa shape index (κ2) is 7.24. The maximum atomic E-state index is 12.6. The van der Waals surface area contributed by atoms with Gasteiger partial charge in [-0.3, -0.25) is 14.5 Å². The molecule has 7 heteroatoms. The molecule has 2 rings (SSSR count). The number of nitrogens with zero attached hydrogens (tertiary/aromatic N) is 2. The summed E-state index contributed by atoms with van der Waals surface area (Å²) in [5, 5.41) is 0.431. The minimum absolute atomic E-state index is 0.0813. The molecular formula is C14H17BrClN3O2. The molecule has 0 radical (unpaired) electrons. The third kappa shape index (κ3) is 4.18. The smallest absolute Gasteiger partial charge is 0.255 e. The van der Waals surface area contributed by atoms with Crippen LogP contribution in [0, 0.1) is 0 Å². The summed E-state index contributed by atoms with van der Waals surface area (Å²) in [5.74, 6) is -0.424. The lowest BCUT2D eigenvalue weighted by molar-refractivity contribution is -0.119. The number of carbonyl (C=O) groups is 2. The summed E-state index contributed by atoms with van der Waals surface area (Å²) >= 11 is 9.51. The van der Waals surface area contributed by atoms with Gasteiger partial charge in [0, 0.05) is 30.7 Å². The summed E-state index contributed by atoms with van der Waals surface area (Å²) in [6.45, 7) is 2.85. The van der Waals surface area contributed by atoms with E-state index in [-0.39, 0.29) is 18.4 Å². The largest absolute Gasteiger partial charge is 0.369 e. The van der Waals surface area contributed by atoms with Crippen LogP contribution in [0.3, 0.4) is 0 Å². The van der Waals surface area contributed by atoms with Gasteiger partial charge in [-0.15, -0.1) is 0 Å². The Morgan fingerprint density at radius 1 is 1.24 bits per heavy atom. The Balaban J connectivity index is 2.06. The number of hydrogen-bond donors (Lipinski definition) is 1. The molecule has 1 aromatic rings. The van der Waals surface area contributed by atoms with E-state index in [4.69, 9.17) is 17.3 Å². The Hall–Kier alpha value is -1.11. The summed E-state index contributed by atoms with van der Waals surface area (Å²) < 4.78 is 0.709. The van der Waals surface area contributed by atoms with E-state index in [1.807, 2.05) is 4.90 Å². The average molecular weight is 375 g/mol. The molecular weight excluding hydrogens is 358 g/mol. The van der Waals surface area contributed by atoms with E-state index in [0.717, 1.165) is 13.0 Å². The predicted octanol–water partition coefficient (Wildman–Crippen LogP) is 1.74. The van der Waals surface area contributed by atoms with Gasteiger partial charge in [-0.25, -0.2) is 0 Å². The van der Waals surface area contributed by atoms with Crippen molar-refractivity contribution in [2.75, 3.05) is 32.7 Å². The van der Waals surface area contributed by atoms with Gasteiger partial charge in [-0.1, -0.05) is 17.7 Å². The summed E-state index contributed by atoms with van der Waals surface area (Å²) in [5.41, 5.74) is 5.71. The Morgan fingerprint density at radius 3 is 2.71 bits per heavy atom. The standard InChI is InChI=1S/C14H17BrClN3O2/c15-11-4-1-3-10(13(11)16)14(21)19-6-2-5-18(7-8-19)9-12(17)20/h1,3-4H,2,5-9H2,(H2,17,20). The van der Waals surface area contributed by atoms with Crippen LogP contribution < -0.4 is 5.73 Å². The van der Waals surface area contributed by atoms with Crippen molar-refractivity contribution < 1.29 is 9.59 Å². The molecule has 0 aromatic heterocycles. The Bertz CT molecular complexity index is 553. The molecule has 0 aliphatic carbocycles. The molecule has 1 fully saturated rings. The second-order valence-corrected chi connectivity index (χ2v) is 6.22. The van der Waals surface area contributed by atoms with E-state index < -0.39 is 0 Å². The normalized spacial score (nSPS) is 16.6. The fourth-order valence-electron chi connectivity index (χ4n) is 2.39. The first-order valence-electron chi connectivity index (χ1n) is 6.73. The third-order valence-corrected chi connectivity index (χ3v) is 4.73. The van der Waals surface area contributed by atoms with Crippen LogP contribution >= 0.6 is 27.5 Å². The van der Waals surface area contributed by atoms with Crippen LogP contribution in [0.15, 0.2) is 22.7 Å². The lowest BCUT2D eigenvalue weighted by atomic mass is 10.2. The highest BCUT2D eigenvalue weighted by atomic mass is 79.9. The van der Waals surface area contributed by atoms with Gasteiger partial charge in [0.1, 0.15) is 0 Å². The zero-order valence-electron chi connectivity index (χ0n) is 11.5. The molecule has 1 saturated heterocycles. The summed E-state index contributed by atoms with van der Waals surface area (Å²) in [6.07, 6.45) is 0.810. The minimum atomic E-state index is -0.343. The van der Waals surface area contributed by atoms with Crippen molar-refractivity contribution in [2.24, 2.45) is 5.73 Å². The van der Waals surface area contributed by atoms with Gasteiger partial charge in [0.2, 0.25) is 5.91 Å². The molecule has 0 bridgehead atoms. The van der Waals surface area contributed by atoms with Crippen molar-refractivity contribution in [1.82, 2.24) is 9.80 Å². The molecule has 1 heterocycles. The number of primary amides is 1. The van der Waals surface area contributed by atoms with Crippen molar-refractivity contribution >= 4 is 39.3 Å². The number of amides is 2. The lowest BCUT2D eigenvalue weighted by Gasteiger charge is -2.22. The first kappa shape index (κ1) is 16.3. The average Bonchev–Trinajstić information content (AvgIpc) is 2.66. The van der Waals surface area contributed by atoms with Crippen LogP contribution in [0.2, 0.25) is 5.02 Å². The second-order valence-electron chi connectivity index (χ2n) is 4.99. The third-order valence-electron chi connectivity index (χ3n) is 3.44. The molecule has 2 amide bonds. The van der Waals surface area contributed by atoms with Gasteiger partial charge < -0.3 is 10.6 Å². The highest BCUT2D eigenvalue weighted by Crippen LogP contribution is 2.27. The first-order valence-corrected chi connectivity index (χ1v) is 7.90. The zero-order chi connectivity index (χ0) is 15.4. The van der Waals surface area contributed by atoms with Gasteiger partial charge in [-0.2, -0.15) is 0 Å². The quantitative estimate of drug-likeness (QED) is 0.876. The van der Waals surface area contributed by atoms with Crippen molar-refractivity contribution in [3.05, 3.63) is 33.3 Å². The SMILES string of the molecule is NC(=O)CN1CCCN(C(=O)c2cccc(Br)c2Cl)CC1. The van der Waals surface area contributed by atoms with Gasteiger partial charge in [0.05, 0.1) is 17.1 Å². The fourth-order valence-corrected chi connectivity index (χ4v) is 2.96. The molecule has 0 saturated carbocycles. The number of halogens is 2. The molecule has 1 aromatic carbocycles. The maximum absolute atomic E-state index is 12.6. The van der Waals surface area contributed by atoms with E-state index in [0.29, 0.717) is 34.7 Å². The summed E-state index contributed by atoms with van der Waals surface area (Å²) in [6, 6.07) is 5.32. The Labute approximate surface area is 137 Å². The molecule has 21 heavy (non-hydrogen) atoms. The van der Waals surface area contributed by atoms with Gasteiger partial charge in [0.15, 0.2) is 0 Å². The lowest BCUT2D eigenvalue weighted by Crippen LogP contribution is -2.38. The van der Waals surface area contributed by atoms with Crippen LogP contribution in [0.25, 0.3) is 0 Å². The maximum Gasteiger partial charge on any atom is 0.255 e. The van der Waals surface area contributed by atoms with Gasteiger partial charge >= 0.3 is 0 Å². The van der Waals surface area contributed by atoms with E-state index in [1.54, 1.807) is 23.1 Å². The van der Waals surface area contributed by atoms with E-state index >= 15 is 0 Å². The Morgan fingerprint density at radius 2 is 2.00 bits per heavy atom. The summed E-state index contributed by atoms with van der Waals surface area (Å²) in [7, 11) is 0. The minimum Gasteiger partial charge on any atom is -0.369 e. The van der Waals surface area contributed by atoms with Gasteiger partial charge in [-0.05, 0) is 34.5 Å². The van der Waals surface area contributed by atoms with Crippen LogP contribution in [-0.4, -0.2) is 54.3 Å². The van der Waals surface area contributed by atoms with Crippen molar-refractivity contribution in [3.8, 4) is 0 Å². The molecule has 1 aliphatic heterocycles. The number of carbonyl (C=O) groups excluding carboxylic acids is 2. The van der Waals surface area contributed by atoms with Crippen LogP contribution in [0.4, 0.5) is 0 Å². The zero-order valence-corrected chi connectivity index (χ0v) is 13.9. The van der Waals surface area contributed by atoms with E-state index in [9.17, 15) is 9.59 Å². The summed E-state index contributed by atoms with van der Waals surface area (Å²) in [4.78, 5) is 27.3. The van der Waals surface area contributed by atoms with E-state index in [1.165, 1.54) is 0 Å². The van der Waals surface area contributed by atoms with Gasteiger partial charge in [0.25, 0.3) is 5.91 Å². The van der Waals surface area contributed by atoms with E-state index in [2.05, 4.69) is 15.9 Å². The molecule has 2 N–H and O–H groups in total. The molecule has 0 atom stereocenters. The van der Waals surface area contributed by atoms with Crippen molar-refractivity contribution in [1.29, 1.82) is 0 Å². The van der Waals surface area contributed by atoms with Crippen molar-refractivity contribution in [3.63, 3.8) is 0 Å². The molecule has 1 aliphatic rings. The van der Waals surface area contributed by atoms with Crippen molar-refractivity contribution in [2.45, 2.75) is 6.42 Å². The molecule has 0 spiro atoms. The molecule has 5 nitrogen and oxygen atoms in total. The highest BCUT2D eigenvalue weighted by Gasteiger charge is 2.22.